The summed E-state index contributed by atoms with van der Waals surface area (Å²) in [6, 6.07) is 10.7. The number of hydrogen-bond donors (Lipinski definition) is 1. The summed E-state index contributed by atoms with van der Waals surface area (Å²) in [5.41, 5.74) is 0.0680. The lowest BCUT2D eigenvalue weighted by atomic mass is 10.2. The van der Waals surface area contributed by atoms with Crippen molar-refractivity contribution in [3.8, 4) is 29.1 Å². The maximum atomic E-state index is 11.9. The average Bonchev–Trinajstić information content (AvgIpc) is 3.12. The molecule has 0 unspecified atom stereocenters. The van der Waals surface area contributed by atoms with Gasteiger partial charge in [-0.2, -0.15) is 0 Å². The molecule has 0 saturated heterocycles. The zero-order valence-corrected chi connectivity index (χ0v) is 13.6. The fourth-order valence-electron chi connectivity index (χ4n) is 2.19. The summed E-state index contributed by atoms with van der Waals surface area (Å²) in [7, 11) is 0. The lowest BCUT2D eigenvalue weighted by Gasteiger charge is -2.03. The van der Waals surface area contributed by atoms with Gasteiger partial charge in [0.1, 0.15) is 12.4 Å². The van der Waals surface area contributed by atoms with Gasteiger partial charge in [0, 0.05) is 23.8 Å². The van der Waals surface area contributed by atoms with Crippen molar-refractivity contribution in [2.24, 2.45) is 0 Å². The van der Waals surface area contributed by atoms with Crippen molar-refractivity contribution in [2.75, 3.05) is 19.9 Å². The van der Waals surface area contributed by atoms with Crippen LogP contribution in [0.3, 0.4) is 0 Å². The summed E-state index contributed by atoms with van der Waals surface area (Å²) in [4.78, 5) is 22.1. The predicted molar refractivity (Wildman–Crippen MR) is 91.3 cm³/mol. The summed E-state index contributed by atoms with van der Waals surface area (Å²) in [5.74, 6) is 6.99. The molecule has 8 heteroatoms. The van der Waals surface area contributed by atoms with Gasteiger partial charge in [0.2, 0.25) is 6.79 Å². The van der Waals surface area contributed by atoms with Crippen molar-refractivity contribution in [1.29, 1.82) is 0 Å². The zero-order valence-electron chi connectivity index (χ0n) is 13.6. The Morgan fingerprint density at radius 2 is 2.04 bits per heavy atom. The van der Waals surface area contributed by atoms with E-state index in [1.54, 1.807) is 18.2 Å². The molecule has 1 heterocycles. The minimum Gasteiger partial charge on any atom is -0.481 e. The Balaban J connectivity index is 1.45. The van der Waals surface area contributed by atoms with E-state index in [0.717, 1.165) is 0 Å². The number of fused-ring (bicyclic) bond motifs is 1. The molecular weight excluding hydrogens is 340 g/mol. The number of ether oxygens (including phenoxy) is 3. The molecule has 1 aliphatic rings. The molecule has 8 nitrogen and oxygen atoms in total. The van der Waals surface area contributed by atoms with E-state index in [2.05, 4.69) is 17.2 Å². The number of benzene rings is 2. The van der Waals surface area contributed by atoms with Crippen molar-refractivity contribution in [2.45, 2.75) is 0 Å². The van der Waals surface area contributed by atoms with Gasteiger partial charge in [-0.15, -0.1) is 0 Å². The van der Waals surface area contributed by atoms with Gasteiger partial charge in [0.25, 0.3) is 11.6 Å². The first-order valence-corrected chi connectivity index (χ1v) is 7.64. The molecule has 0 radical (unpaired) electrons. The number of carbonyl (C=O) groups excluding carboxylic acids is 1. The van der Waals surface area contributed by atoms with Crippen LogP contribution in [0.2, 0.25) is 0 Å². The third-order valence-electron chi connectivity index (χ3n) is 3.44. The molecule has 1 aliphatic heterocycles. The molecule has 0 aromatic heterocycles. The van der Waals surface area contributed by atoms with E-state index in [1.807, 2.05) is 0 Å². The summed E-state index contributed by atoms with van der Waals surface area (Å²) >= 11 is 0. The zero-order chi connectivity index (χ0) is 18.4. The molecule has 26 heavy (non-hydrogen) atoms. The van der Waals surface area contributed by atoms with E-state index in [4.69, 9.17) is 14.2 Å². The van der Waals surface area contributed by atoms with Crippen LogP contribution in [0.4, 0.5) is 5.69 Å². The first kappa shape index (κ1) is 17.1. The van der Waals surface area contributed by atoms with Crippen LogP contribution in [-0.4, -0.2) is 30.8 Å². The normalized spacial score (nSPS) is 11.2. The third kappa shape index (κ3) is 4.21. The van der Waals surface area contributed by atoms with Crippen LogP contribution in [0.25, 0.3) is 0 Å². The van der Waals surface area contributed by atoms with E-state index in [-0.39, 0.29) is 31.2 Å². The first-order chi connectivity index (χ1) is 12.6. The highest BCUT2D eigenvalue weighted by Crippen LogP contribution is 2.34. The van der Waals surface area contributed by atoms with E-state index in [1.165, 1.54) is 24.3 Å². The summed E-state index contributed by atoms with van der Waals surface area (Å²) in [6.45, 7) is 0.446. The van der Waals surface area contributed by atoms with Gasteiger partial charge in [-0.1, -0.05) is 17.9 Å². The fourth-order valence-corrected chi connectivity index (χ4v) is 2.19. The molecule has 1 amide bonds. The monoisotopic (exact) mass is 354 g/mol. The van der Waals surface area contributed by atoms with Gasteiger partial charge in [0.05, 0.1) is 11.5 Å². The molecule has 0 fully saturated rings. The van der Waals surface area contributed by atoms with Gasteiger partial charge in [0.15, 0.2) is 11.5 Å². The van der Waals surface area contributed by atoms with Gasteiger partial charge in [-0.05, 0) is 18.2 Å². The van der Waals surface area contributed by atoms with E-state index in [9.17, 15) is 14.9 Å². The number of nitro benzene ring substituents is 1. The Bertz CT molecular complexity index is 900. The third-order valence-corrected chi connectivity index (χ3v) is 3.44. The number of non-ortho nitro benzene ring substituents is 1. The molecule has 0 saturated carbocycles. The second kappa shape index (κ2) is 7.90. The largest absolute Gasteiger partial charge is 0.481 e. The predicted octanol–water partition coefficient (Wildman–Crippen LogP) is 2.14. The molecule has 0 bridgehead atoms. The maximum Gasteiger partial charge on any atom is 0.270 e. The quantitative estimate of drug-likeness (QED) is 0.502. The molecule has 2 aromatic carbocycles. The number of amides is 1. The van der Waals surface area contributed by atoms with Crippen LogP contribution in [0.5, 0.6) is 17.2 Å². The number of nitrogens with zero attached hydrogens (tertiary/aromatic N) is 1. The Hall–Kier alpha value is -3.73. The standard InChI is InChI=1S/C18H14N2O6/c21-18(13-4-3-5-14(10-13)20(22)23)19-8-1-2-9-24-15-6-7-16-17(11-15)26-12-25-16/h3-7,10-11H,8-9,12H2,(H,19,21). The van der Waals surface area contributed by atoms with Gasteiger partial charge in [-0.3, -0.25) is 14.9 Å². The van der Waals surface area contributed by atoms with Crippen molar-refractivity contribution < 1.29 is 23.9 Å². The first-order valence-electron chi connectivity index (χ1n) is 7.64. The highest BCUT2D eigenvalue weighted by Gasteiger charge is 2.13. The summed E-state index contributed by atoms with van der Waals surface area (Å²) in [6.07, 6.45) is 0. The maximum absolute atomic E-state index is 11.9. The Morgan fingerprint density at radius 1 is 1.19 bits per heavy atom. The Labute approximate surface area is 148 Å². The SMILES string of the molecule is O=C(NCC#CCOc1ccc2c(c1)OCO2)c1cccc([N+](=O)[O-])c1. The molecule has 2 aromatic rings. The summed E-state index contributed by atoms with van der Waals surface area (Å²) in [5, 5.41) is 13.3. The second-order valence-electron chi connectivity index (χ2n) is 5.15. The van der Waals surface area contributed by atoms with Crippen LogP contribution in [0.1, 0.15) is 10.4 Å². The second-order valence-corrected chi connectivity index (χ2v) is 5.15. The lowest BCUT2D eigenvalue weighted by Crippen LogP contribution is -2.23. The minimum atomic E-state index is -0.552. The van der Waals surface area contributed by atoms with Gasteiger partial charge < -0.3 is 19.5 Å². The highest BCUT2D eigenvalue weighted by atomic mass is 16.7. The average molecular weight is 354 g/mol. The number of hydrogen-bond acceptors (Lipinski definition) is 6. The smallest absolute Gasteiger partial charge is 0.270 e. The molecule has 0 aliphatic carbocycles. The van der Waals surface area contributed by atoms with E-state index >= 15 is 0 Å². The van der Waals surface area contributed by atoms with Crippen molar-refractivity contribution in [3.63, 3.8) is 0 Å². The van der Waals surface area contributed by atoms with E-state index < -0.39 is 10.8 Å². The fraction of sp³-hybridized carbons (Fsp3) is 0.167. The Morgan fingerprint density at radius 3 is 2.88 bits per heavy atom. The van der Waals surface area contributed by atoms with Crippen LogP contribution in [0, 0.1) is 22.0 Å². The van der Waals surface area contributed by atoms with Gasteiger partial charge >= 0.3 is 0 Å². The van der Waals surface area contributed by atoms with Crippen LogP contribution in [-0.2, 0) is 0 Å². The molecular formula is C18H14N2O6. The van der Waals surface area contributed by atoms with Crippen LogP contribution < -0.4 is 19.5 Å². The number of rotatable bonds is 5. The van der Waals surface area contributed by atoms with Crippen molar-refractivity contribution in [3.05, 3.63) is 58.1 Å². The molecule has 0 atom stereocenters. The van der Waals surface area contributed by atoms with Gasteiger partial charge in [-0.25, -0.2) is 0 Å². The van der Waals surface area contributed by atoms with E-state index in [0.29, 0.717) is 17.2 Å². The molecule has 132 valence electrons. The summed E-state index contributed by atoms with van der Waals surface area (Å²) < 4.78 is 15.9. The number of carbonyl (C=O) groups is 1. The topological polar surface area (TPSA) is 99.9 Å². The number of nitro groups is 1. The van der Waals surface area contributed by atoms with Crippen molar-refractivity contribution in [1.82, 2.24) is 5.32 Å². The van der Waals surface area contributed by atoms with Crippen molar-refractivity contribution >= 4 is 11.6 Å². The molecule has 0 spiro atoms. The Kier molecular flexibility index (Phi) is 5.19. The molecule has 1 N–H and O–H groups in total. The lowest BCUT2D eigenvalue weighted by molar-refractivity contribution is -0.384. The number of nitrogens with one attached hydrogen (secondary N) is 1. The van der Waals surface area contributed by atoms with Crippen LogP contribution in [0.15, 0.2) is 42.5 Å². The highest BCUT2D eigenvalue weighted by molar-refractivity contribution is 5.94. The minimum absolute atomic E-state index is 0.103. The van der Waals surface area contributed by atoms with Crippen LogP contribution >= 0.6 is 0 Å². The molecule has 3 rings (SSSR count).